The van der Waals surface area contributed by atoms with Crippen molar-refractivity contribution in [2.75, 3.05) is 34.3 Å². The van der Waals surface area contributed by atoms with E-state index in [1.54, 1.807) is 41.7 Å². The highest BCUT2D eigenvalue weighted by Gasteiger charge is 2.56. The van der Waals surface area contributed by atoms with Crippen molar-refractivity contribution < 1.29 is 38.4 Å². The van der Waals surface area contributed by atoms with Gasteiger partial charge in [-0.15, -0.1) is 0 Å². The number of rotatable bonds is 7. The number of methoxy groups -OCH3 is 1. The maximum atomic E-state index is 13.5. The van der Waals surface area contributed by atoms with Crippen molar-refractivity contribution in [2.24, 2.45) is 0 Å². The highest BCUT2D eigenvalue weighted by atomic mass is 16.7. The molecule has 4 heterocycles. The molecule has 4 aliphatic rings. The van der Waals surface area contributed by atoms with Crippen molar-refractivity contribution in [3.05, 3.63) is 45.0 Å². The van der Waals surface area contributed by atoms with Gasteiger partial charge in [0.25, 0.3) is 0 Å². The van der Waals surface area contributed by atoms with Crippen molar-refractivity contribution in [2.45, 2.75) is 103 Å². The van der Waals surface area contributed by atoms with E-state index in [-0.39, 0.29) is 44.0 Å². The molecule has 2 bridgehead atoms. The highest BCUT2D eigenvalue weighted by Crippen LogP contribution is 2.57. The summed E-state index contributed by atoms with van der Waals surface area (Å²) in [7, 11) is 3.64. The SMILES string of the molecule is COCOc1c(C)c(C)cc2c1[C@@H]1C3Cc4c(O)c(C)c5c(c4[C@H](CNC(=O)[C@H](C)NC(=O)OC(C)(C)C)N3[C@@H](C#N)[C@H](C2)N1C)OCO5. The Morgan fingerprint density at radius 1 is 1.12 bits per heavy atom. The van der Waals surface area contributed by atoms with Crippen LogP contribution in [0.5, 0.6) is 23.0 Å². The molecule has 13 nitrogen and oxygen atoms in total. The smallest absolute Gasteiger partial charge is 0.408 e. The molecule has 4 aliphatic heterocycles. The summed E-state index contributed by atoms with van der Waals surface area (Å²) in [6.07, 6.45) is 0.331. The van der Waals surface area contributed by atoms with Crippen LogP contribution in [-0.4, -0.2) is 91.0 Å². The van der Waals surface area contributed by atoms with Crippen molar-refractivity contribution >= 4 is 12.0 Å². The number of carbonyl (C=O) groups excluding carboxylic acids is 2. The second kappa shape index (κ2) is 12.9. The molecule has 0 spiro atoms. The van der Waals surface area contributed by atoms with E-state index in [0.717, 1.165) is 28.0 Å². The van der Waals surface area contributed by atoms with Gasteiger partial charge in [0.15, 0.2) is 18.3 Å². The molecule has 2 aromatic rings. The molecule has 6 atom stereocenters. The Balaban J connectivity index is 1.45. The first-order chi connectivity index (χ1) is 23.2. The number of nitriles is 1. The van der Waals surface area contributed by atoms with Crippen LogP contribution in [0.3, 0.4) is 0 Å². The van der Waals surface area contributed by atoms with Gasteiger partial charge in [-0.05, 0) is 85.0 Å². The first-order valence-corrected chi connectivity index (χ1v) is 16.7. The third-order valence-corrected chi connectivity index (χ3v) is 10.4. The summed E-state index contributed by atoms with van der Waals surface area (Å²) >= 11 is 0. The standard InChI is InChI=1S/C36H47N5O8/c1-17-10-21-11-23-25(13-37)41-24(29(40(23)8)27(21)31(18(17)2)46-15-45-9)12-22-28(33-32(47-16-48-33)19(3)30(22)42)26(41)14-38-34(43)20(4)39-35(44)49-36(5,6)7/h10,20,23-26,29,42H,11-12,14-16H2,1-9H3,(H,38,43)(H,39,44)/t20-,23-,24?,25-,26-,29-/m0/s1. The molecule has 0 aromatic heterocycles. The molecule has 49 heavy (non-hydrogen) atoms. The number of likely N-dealkylation sites (N-methyl/N-ethyl adjacent to an activating group) is 1. The van der Waals surface area contributed by atoms with Gasteiger partial charge in [-0.1, -0.05) is 6.07 Å². The minimum Gasteiger partial charge on any atom is -0.507 e. The second-order valence-corrected chi connectivity index (χ2v) is 14.5. The number of nitrogens with zero attached hydrogens (tertiary/aromatic N) is 3. The zero-order chi connectivity index (χ0) is 35.5. The summed E-state index contributed by atoms with van der Waals surface area (Å²) in [5.74, 6) is 1.43. The summed E-state index contributed by atoms with van der Waals surface area (Å²) in [4.78, 5) is 30.4. The van der Waals surface area contributed by atoms with Crippen molar-refractivity contribution in [1.29, 1.82) is 5.26 Å². The number of piperazine rings is 1. The molecule has 0 saturated carbocycles. The fourth-order valence-corrected chi connectivity index (χ4v) is 8.09. The monoisotopic (exact) mass is 677 g/mol. The van der Waals surface area contributed by atoms with Crippen LogP contribution in [-0.2, 0) is 27.1 Å². The first kappa shape index (κ1) is 34.6. The van der Waals surface area contributed by atoms with Gasteiger partial charge in [0.05, 0.1) is 18.2 Å². The van der Waals surface area contributed by atoms with Crippen LogP contribution in [0.2, 0.25) is 0 Å². The number of aryl methyl sites for hydroxylation is 1. The predicted molar refractivity (Wildman–Crippen MR) is 179 cm³/mol. The normalized spacial score (nSPS) is 24.5. The van der Waals surface area contributed by atoms with Crippen LogP contribution in [0.1, 0.15) is 78.7 Å². The van der Waals surface area contributed by atoms with Gasteiger partial charge < -0.3 is 39.4 Å². The molecular formula is C36H47N5O8. The summed E-state index contributed by atoms with van der Waals surface area (Å²) in [6.45, 7) is 12.9. The van der Waals surface area contributed by atoms with E-state index in [1.807, 2.05) is 6.92 Å². The number of benzene rings is 2. The Morgan fingerprint density at radius 2 is 1.84 bits per heavy atom. The Hall–Kier alpha value is -4.25. The topological polar surface area (TPSA) is 155 Å². The number of amides is 2. The lowest BCUT2D eigenvalue weighted by molar-refractivity contribution is -0.123. The predicted octanol–water partition coefficient (Wildman–Crippen LogP) is 3.83. The van der Waals surface area contributed by atoms with E-state index in [4.69, 9.17) is 23.7 Å². The Kier molecular flexibility index (Phi) is 9.11. The molecule has 2 aromatic carbocycles. The number of ether oxygens (including phenoxy) is 5. The van der Waals surface area contributed by atoms with Crippen LogP contribution in [0.15, 0.2) is 6.07 Å². The number of fused-ring (bicyclic) bond motifs is 9. The van der Waals surface area contributed by atoms with Gasteiger partial charge in [-0.25, -0.2) is 4.79 Å². The molecule has 1 unspecified atom stereocenters. The molecule has 3 N–H and O–H groups in total. The highest BCUT2D eigenvalue weighted by molar-refractivity contribution is 5.85. The number of phenols is 1. The molecular weight excluding hydrogens is 630 g/mol. The number of aromatic hydroxyl groups is 1. The molecule has 1 fully saturated rings. The Bertz CT molecular complexity index is 1710. The van der Waals surface area contributed by atoms with Crippen LogP contribution in [0.25, 0.3) is 0 Å². The molecule has 0 radical (unpaired) electrons. The largest absolute Gasteiger partial charge is 0.507 e. The van der Waals surface area contributed by atoms with Gasteiger partial charge in [0.1, 0.15) is 29.2 Å². The molecule has 13 heteroatoms. The van der Waals surface area contributed by atoms with Gasteiger partial charge in [-0.2, -0.15) is 5.26 Å². The average molecular weight is 678 g/mol. The number of hydrogen-bond acceptors (Lipinski definition) is 11. The van der Waals surface area contributed by atoms with Crippen LogP contribution in [0, 0.1) is 32.1 Å². The third-order valence-electron chi connectivity index (χ3n) is 10.4. The van der Waals surface area contributed by atoms with Crippen molar-refractivity contribution in [3.63, 3.8) is 0 Å². The minimum atomic E-state index is -0.900. The van der Waals surface area contributed by atoms with Crippen LogP contribution in [0.4, 0.5) is 4.79 Å². The van der Waals surface area contributed by atoms with Crippen molar-refractivity contribution in [3.8, 4) is 29.1 Å². The van der Waals surface area contributed by atoms with E-state index in [2.05, 4.69) is 46.5 Å². The van der Waals surface area contributed by atoms with E-state index in [0.29, 0.717) is 41.0 Å². The fourth-order valence-electron chi connectivity index (χ4n) is 8.09. The third kappa shape index (κ3) is 5.89. The van der Waals surface area contributed by atoms with Crippen LogP contribution >= 0.6 is 0 Å². The van der Waals surface area contributed by atoms with Gasteiger partial charge >= 0.3 is 6.09 Å². The number of carbonyl (C=O) groups is 2. The fraction of sp³-hybridized carbons (Fsp3) is 0.583. The van der Waals surface area contributed by atoms with Gasteiger partial charge in [0.2, 0.25) is 12.7 Å². The molecule has 2 amide bonds. The maximum absolute atomic E-state index is 13.5. The lowest BCUT2D eigenvalue weighted by Crippen LogP contribution is -2.69. The Morgan fingerprint density at radius 3 is 2.51 bits per heavy atom. The number of phenolic OH excluding ortho intramolecular Hbond substituents is 1. The summed E-state index contributed by atoms with van der Waals surface area (Å²) in [5.41, 5.74) is 5.54. The minimum absolute atomic E-state index is 0.00666. The molecule has 0 aliphatic carbocycles. The zero-order valence-electron chi connectivity index (χ0n) is 29.7. The number of hydrogen-bond donors (Lipinski definition) is 3. The summed E-state index contributed by atoms with van der Waals surface area (Å²) in [5, 5.41) is 28.2. The molecule has 1 saturated heterocycles. The first-order valence-electron chi connectivity index (χ1n) is 16.7. The number of alkyl carbamates (subject to hydrolysis) is 1. The maximum Gasteiger partial charge on any atom is 0.408 e. The summed E-state index contributed by atoms with van der Waals surface area (Å²) < 4.78 is 28.9. The van der Waals surface area contributed by atoms with E-state index in [1.165, 1.54) is 0 Å². The van der Waals surface area contributed by atoms with Gasteiger partial charge in [-0.3, -0.25) is 14.6 Å². The Labute approximate surface area is 287 Å². The van der Waals surface area contributed by atoms with Gasteiger partial charge in [0, 0.05) is 48.0 Å². The van der Waals surface area contributed by atoms with Crippen LogP contribution < -0.4 is 24.8 Å². The lowest BCUT2D eigenvalue weighted by Gasteiger charge is -2.60. The quantitative estimate of drug-likeness (QED) is 0.367. The van der Waals surface area contributed by atoms with E-state index < -0.39 is 35.7 Å². The lowest BCUT2D eigenvalue weighted by atomic mass is 9.71. The van der Waals surface area contributed by atoms with E-state index in [9.17, 15) is 20.0 Å². The average Bonchev–Trinajstić information content (AvgIpc) is 3.52. The second-order valence-electron chi connectivity index (χ2n) is 14.5. The van der Waals surface area contributed by atoms with Crippen molar-refractivity contribution in [1.82, 2.24) is 20.4 Å². The zero-order valence-corrected chi connectivity index (χ0v) is 29.7. The molecule has 264 valence electrons. The van der Waals surface area contributed by atoms with E-state index >= 15 is 0 Å². The summed E-state index contributed by atoms with van der Waals surface area (Å²) in [6, 6.07) is 2.09. The number of nitrogens with one attached hydrogen (secondary N) is 2. The molecule has 6 rings (SSSR count).